The molecule has 1 fully saturated rings. The fourth-order valence-electron chi connectivity index (χ4n) is 2.36. The van der Waals surface area contributed by atoms with E-state index in [0.29, 0.717) is 0 Å². The van der Waals surface area contributed by atoms with Gasteiger partial charge in [0.25, 0.3) is 0 Å². The van der Waals surface area contributed by atoms with E-state index in [1.807, 2.05) is 0 Å². The molecule has 1 aromatic carbocycles. The molecule has 1 aliphatic heterocycles. The van der Waals surface area contributed by atoms with Crippen LogP contribution in [0, 0.1) is 0 Å². The summed E-state index contributed by atoms with van der Waals surface area (Å²) >= 11 is 0. The van der Waals surface area contributed by atoms with Crippen molar-refractivity contribution in [2.75, 3.05) is 31.2 Å². The first-order valence-electron chi connectivity index (χ1n) is 5.97. The lowest BCUT2D eigenvalue weighted by atomic mass is 10.3. The molecule has 1 aromatic heterocycles. The molecule has 0 bridgehead atoms. The molecule has 84 valence electrons. The number of nitrogens with zero attached hydrogens (tertiary/aromatic N) is 2. The van der Waals surface area contributed by atoms with Crippen LogP contribution >= 0.6 is 0 Å². The van der Waals surface area contributed by atoms with Crippen LogP contribution in [0.4, 0.5) is 0 Å². The zero-order valence-electron chi connectivity index (χ0n) is 9.39. The van der Waals surface area contributed by atoms with Crippen molar-refractivity contribution in [3.8, 4) is 0 Å². The molecule has 1 aliphatic rings. The number of hydrogen-bond acceptors (Lipinski definition) is 2. The Hall–Kier alpha value is -1.48. The predicted molar refractivity (Wildman–Crippen MR) is 67.4 cm³/mol. The SMILES string of the molecule is c1ccc2c(c1)ccn2N1CCCNCC1. The normalized spacial score (nSPS) is 17.6. The number of rotatable bonds is 1. The Morgan fingerprint density at radius 1 is 1.00 bits per heavy atom. The number of para-hydroxylation sites is 1. The lowest BCUT2D eigenvalue weighted by Crippen LogP contribution is -2.36. The first-order chi connectivity index (χ1) is 7.95. The fraction of sp³-hybridized carbons (Fsp3) is 0.385. The Labute approximate surface area is 95.6 Å². The molecular weight excluding hydrogens is 198 g/mol. The summed E-state index contributed by atoms with van der Waals surface area (Å²) in [6, 6.07) is 10.7. The van der Waals surface area contributed by atoms with Gasteiger partial charge in [-0.15, -0.1) is 0 Å². The Morgan fingerprint density at radius 2 is 1.94 bits per heavy atom. The van der Waals surface area contributed by atoms with Gasteiger partial charge in [0.05, 0.1) is 5.52 Å². The maximum absolute atomic E-state index is 3.43. The molecule has 2 aromatic rings. The molecule has 1 N–H and O–H groups in total. The predicted octanol–water partition coefficient (Wildman–Crippen LogP) is 1.57. The maximum Gasteiger partial charge on any atom is 0.0694 e. The second-order valence-corrected chi connectivity index (χ2v) is 4.28. The number of hydrogen-bond donors (Lipinski definition) is 1. The van der Waals surface area contributed by atoms with Gasteiger partial charge in [-0.2, -0.15) is 0 Å². The topological polar surface area (TPSA) is 20.2 Å². The molecular formula is C13H17N3. The van der Waals surface area contributed by atoms with Crippen LogP contribution in [0.5, 0.6) is 0 Å². The molecule has 0 amide bonds. The Morgan fingerprint density at radius 3 is 2.94 bits per heavy atom. The summed E-state index contributed by atoms with van der Waals surface area (Å²) in [5.74, 6) is 0. The van der Waals surface area contributed by atoms with Crippen molar-refractivity contribution in [2.45, 2.75) is 6.42 Å². The van der Waals surface area contributed by atoms with Crippen LogP contribution in [0.25, 0.3) is 10.9 Å². The summed E-state index contributed by atoms with van der Waals surface area (Å²) in [5, 5.41) is 7.17. The summed E-state index contributed by atoms with van der Waals surface area (Å²) in [7, 11) is 0. The van der Waals surface area contributed by atoms with Crippen molar-refractivity contribution in [3.05, 3.63) is 36.5 Å². The highest BCUT2D eigenvalue weighted by molar-refractivity contribution is 5.80. The molecule has 0 spiro atoms. The average Bonchev–Trinajstić information content (AvgIpc) is 2.57. The highest BCUT2D eigenvalue weighted by Crippen LogP contribution is 2.15. The number of nitrogens with one attached hydrogen (secondary N) is 1. The van der Waals surface area contributed by atoms with E-state index in [0.717, 1.165) is 26.2 Å². The zero-order valence-corrected chi connectivity index (χ0v) is 9.39. The Balaban J connectivity index is 1.97. The highest BCUT2D eigenvalue weighted by Gasteiger charge is 2.10. The van der Waals surface area contributed by atoms with Gasteiger partial charge >= 0.3 is 0 Å². The van der Waals surface area contributed by atoms with Crippen molar-refractivity contribution in [1.82, 2.24) is 9.99 Å². The smallest absolute Gasteiger partial charge is 0.0694 e. The van der Waals surface area contributed by atoms with Crippen LogP contribution in [0.2, 0.25) is 0 Å². The van der Waals surface area contributed by atoms with Crippen LogP contribution in [0.3, 0.4) is 0 Å². The highest BCUT2D eigenvalue weighted by atomic mass is 15.5. The third kappa shape index (κ3) is 1.67. The molecule has 3 heteroatoms. The molecule has 0 unspecified atom stereocenters. The van der Waals surface area contributed by atoms with E-state index in [1.165, 1.54) is 17.3 Å². The minimum absolute atomic E-state index is 1.08. The van der Waals surface area contributed by atoms with Crippen LogP contribution in [0.15, 0.2) is 36.5 Å². The molecule has 0 atom stereocenters. The standard InChI is InChI=1S/C13H17N3/c1-2-5-13-12(4-1)6-10-16(13)15-9-3-7-14-8-11-15/h1-2,4-6,10,14H,3,7-9,11H2. The molecule has 16 heavy (non-hydrogen) atoms. The van der Waals surface area contributed by atoms with Crippen molar-refractivity contribution < 1.29 is 0 Å². The van der Waals surface area contributed by atoms with E-state index in [-0.39, 0.29) is 0 Å². The van der Waals surface area contributed by atoms with Crippen LogP contribution in [-0.2, 0) is 0 Å². The second kappa shape index (κ2) is 4.18. The van der Waals surface area contributed by atoms with Gasteiger partial charge in [0, 0.05) is 31.2 Å². The van der Waals surface area contributed by atoms with Gasteiger partial charge in [0.15, 0.2) is 0 Å². The molecule has 3 nitrogen and oxygen atoms in total. The molecule has 0 saturated carbocycles. The van der Waals surface area contributed by atoms with E-state index in [2.05, 4.69) is 51.5 Å². The number of fused-ring (bicyclic) bond motifs is 1. The van der Waals surface area contributed by atoms with Crippen molar-refractivity contribution in [3.63, 3.8) is 0 Å². The van der Waals surface area contributed by atoms with Crippen molar-refractivity contribution >= 4 is 10.9 Å². The third-order valence-electron chi connectivity index (χ3n) is 3.20. The van der Waals surface area contributed by atoms with Crippen molar-refractivity contribution in [2.24, 2.45) is 0 Å². The van der Waals surface area contributed by atoms with Gasteiger partial charge in [0.2, 0.25) is 0 Å². The van der Waals surface area contributed by atoms with Crippen LogP contribution in [0.1, 0.15) is 6.42 Å². The fourth-order valence-corrected chi connectivity index (χ4v) is 2.36. The monoisotopic (exact) mass is 215 g/mol. The van der Waals surface area contributed by atoms with Crippen LogP contribution < -0.4 is 10.3 Å². The summed E-state index contributed by atoms with van der Waals surface area (Å²) in [4.78, 5) is 0. The molecule has 0 radical (unpaired) electrons. The molecule has 0 aliphatic carbocycles. The quantitative estimate of drug-likeness (QED) is 0.779. The van der Waals surface area contributed by atoms with Crippen LogP contribution in [-0.4, -0.2) is 30.9 Å². The molecule has 1 saturated heterocycles. The van der Waals surface area contributed by atoms with Gasteiger partial charge in [-0.3, -0.25) is 4.68 Å². The van der Waals surface area contributed by atoms with E-state index in [9.17, 15) is 0 Å². The van der Waals surface area contributed by atoms with E-state index in [1.54, 1.807) is 0 Å². The lowest BCUT2D eigenvalue weighted by Gasteiger charge is -2.24. The summed E-state index contributed by atoms with van der Waals surface area (Å²) in [6.45, 7) is 4.42. The summed E-state index contributed by atoms with van der Waals surface area (Å²) in [6.07, 6.45) is 3.39. The second-order valence-electron chi connectivity index (χ2n) is 4.28. The minimum atomic E-state index is 1.08. The first-order valence-corrected chi connectivity index (χ1v) is 5.97. The average molecular weight is 215 g/mol. The minimum Gasteiger partial charge on any atom is -0.315 e. The number of benzene rings is 1. The summed E-state index contributed by atoms with van der Waals surface area (Å²) < 4.78 is 2.29. The maximum atomic E-state index is 3.43. The van der Waals surface area contributed by atoms with Crippen molar-refractivity contribution in [1.29, 1.82) is 0 Å². The molecule has 2 heterocycles. The van der Waals surface area contributed by atoms with E-state index in [4.69, 9.17) is 0 Å². The van der Waals surface area contributed by atoms with E-state index < -0.39 is 0 Å². The molecule has 3 rings (SSSR count). The Kier molecular flexibility index (Phi) is 2.54. The van der Waals surface area contributed by atoms with Gasteiger partial charge in [-0.05, 0) is 25.1 Å². The van der Waals surface area contributed by atoms with Gasteiger partial charge in [-0.25, -0.2) is 0 Å². The third-order valence-corrected chi connectivity index (χ3v) is 3.20. The Bertz CT molecular complexity index is 467. The van der Waals surface area contributed by atoms with Gasteiger partial charge < -0.3 is 10.3 Å². The summed E-state index contributed by atoms with van der Waals surface area (Å²) in [5.41, 5.74) is 1.31. The number of aromatic nitrogens is 1. The lowest BCUT2D eigenvalue weighted by molar-refractivity contribution is 0.618. The largest absolute Gasteiger partial charge is 0.315 e. The van der Waals surface area contributed by atoms with E-state index >= 15 is 0 Å². The first kappa shape index (κ1) is 9.73. The van der Waals surface area contributed by atoms with Gasteiger partial charge in [-0.1, -0.05) is 18.2 Å². The van der Waals surface area contributed by atoms with Gasteiger partial charge in [0.1, 0.15) is 0 Å². The zero-order chi connectivity index (χ0) is 10.8.